The van der Waals surface area contributed by atoms with Crippen molar-refractivity contribution in [2.45, 2.75) is 18.4 Å². The van der Waals surface area contributed by atoms with Crippen LogP contribution in [0.25, 0.3) is 10.9 Å². The van der Waals surface area contributed by atoms with E-state index in [1.807, 2.05) is 31.2 Å². The minimum absolute atomic E-state index is 0.00399. The fourth-order valence-electron chi connectivity index (χ4n) is 2.99. The van der Waals surface area contributed by atoms with Crippen LogP contribution in [-0.4, -0.2) is 37.3 Å². The Balaban J connectivity index is 2.00. The van der Waals surface area contributed by atoms with Gasteiger partial charge < -0.3 is 9.88 Å². The van der Waals surface area contributed by atoms with Gasteiger partial charge in [-0.3, -0.25) is 9.59 Å². The summed E-state index contributed by atoms with van der Waals surface area (Å²) < 4.78 is 27.5. The zero-order chi connectivity index (χ0) is 21.3. The molecule has 29 heavy (non-hydrogen) atoms. The first-order valence-corrected chi connectivity index (χ1v) is 10.4. The zero-order valence-corrected chi connectivity index (χ0v) is 17.6. The standard InChI is InChI=1S/C21H23N3O4S/c1-14-5-7-15(8-6-14)12-22-21(26)18-13-24(4)19-10-9-16(11-17(19)20(18)25)29(27,28)23(2)3/h5-11,13H,12H2,1-4H3,(H,22,26). The molecule has 2 aromatic carbocycles. The minimum Gasteiger partial charge on any atom is -0.350 e. The average Bonchev–Trinajstić information content (AvgIpc) is 2.69. The third-order valence-corrected chi connectivity index (χ3v) is 6.57. The zero-order valence-electron chi connectivity index (χ0n) is 16.8. The number of hydrogen-bond donors (Lipinski definition) is 1. The first kappa shape index (κ1) is 20.8. The number of carbonyl (C=O) groups excluding carboxylic acids is 1. The third kappa shape index (κ3) is 4.08. The van der Waals surface area contributed by atoms with E-state index < -0.39 is 21.4 Å². The van der Waals surface area contributed by atoms with E-state index in [0.29, 0.717) is 5.52 Å². The second kappa shape index (κ2) is 7.81. The topological polar surface area (TPSA) is 88.5 Å². The highest BCUT2D eigenvalue weighted by Crippen LogP contribution is 2.19. The molecule has 0 saturated heterocycles. The van der Waals surface area contributed by atoms with Gasteiger partial charge in [-0.25, -0.2) is 12.7 Å². The van der Waals surface area contributed by atoms with Crippen molar-refractivity contribution < 1.29 is 13.2 Å². The monoisotopic (exact) mass is 413 g/mol. The minimum atomic E-state index is -3.70. The van der Waals surface area contributed by atoms with Crippen molar-refractivity contribution in [3.05, 3.63) is 75.6 Å². The number of sulfonamides is 1. The summed E-state index contributed by atoms with van der Waals surface area (Å²) in [5.74, 6) is -0.506. The smallest absolute Gasteiger partial charge is 0.257 e. The van der Waals surface area contributed by atoms with Gasteiger partial charge in [-0.05, 0) is 30.7 Å². The number of aromatic nitrogens is 1. The number of rotatable bonds is 5. The van der Waals surface area contributed by atoms with Crippen molar-refractivity contribution >= 4 is 26.8 Å². The van der Waals surface area contributed by atoms with E-state index in [4.69, 9.17) is 0 Å². The van der Waals surface area contributed by atoms with Crippen LogP contribution in [-0.2, 0) is 23.6 Å². The Morgan fingerprint density at radius 1 is 1.10 bits per heavy atom. The molecule has 0 spiro atoms. The molecule has 0 aliphatic heterocycles. The molecule has 1 heterocycles. The van der Waals surface area contributed by atoms with Crippen molar-refractivity contribution in [1.82, 2.24) is 14.2 Å². The van der Waals surface area contributed by atoms with Crippen molar-refractivity contribution in [3.63, 3.8) is 0 Å². The van der Waals surface area contributed by atoms with Crippen molar-refractivity contribution in [2.24, 2.45) is 7.05 Å². The molecule has 0 fully saturated rings. The molecule has 0 aliphatic carbocycles. The highest BCUT2D eigenvalue weighted by Gasteiger charge is 2.20. The van der Waals surface area contributed by atoms with Gasteiger partial charge in [-0.2, -0.15) is 0 Å². The normalized spacial score (nSPS) is 11.8. The summed E-state index contributed by atoms with van der Waals surface area (Å²) in [6.07, 6.45) is 1.47. The molecule has 1 N–H and O–H groups in total. The van der Waals surface area contributed by atoms with Gasteiger partial charge in [0.1, 0.15) is 5.56 Å². The lowest BCUT2D eigenvalue weighted by molar-refractivity contribution is 0.0949. The lowest BCUT2D eigenvalue weighted by atomic mass is 10.1. The summed E-state index contributed by atoms with van der Waals surface area (Å²) >= 11 is 0. The summed E-state index contributed by atoms with van der Waals surface area (Å²) in [5, 5.41) is 2.93. The number of benzene rings is 2. The molecular formula is C21H23N3O4S. The summed E-state index contributed by atoms with van der Waals surface area (Å²) in [5.41, 5.74) is 2.04. The van der Waals surface area contributed by atoms with E-state index in [1.54, 1.807) is 17.7 Å². The van der Waals surface area contributed by atoms with Crippen LogP contribution in [0.1, 0.15) is 21.5 Å². The fraction of sp³-hybridized carbons (Fsp3) is 0.238. The van der Waals surface area contributed by atoms with Gasteiger partial charge in [-0.15, -0.1) is 0 Å². The van der Waals surface area contributed by atoms with Crippen LogP contribution in [0.5, 0.6) is 0 Å². The second-order valence-corrected chi connectivity index (χ2v) is 9.27. The Morgan fingerprint density at radius 2 is 1.76 bits per heavy atom. The van der Waals surface area contributed by atoms with Crippen LogP contribution < -0.4 is 10.7 Å². The largest absolute Gasteiger partial charge is 0.350 e. The number of fused-ring (bicyclic) bond motifs is 1. The quantitative estimate of drug-likeness (QED) is 0.693. The fourth-order valence-corrected chi connectivity index (χ4v) is 3.92. The second-order valence-electron chi connectivity index (χ2n) is 7.12. The highest BCUT2D eigenvalue weighted by atomic mass is 32.2. The molecule has 0 aliphatic rings. The lowest BCUT2D eigenvalue weighted by Gasteiger charge is -2.14. The molecule has 0 saturated carbocycles. The van der Waals surface area contributed by atoms with E-state index in [1.165, 1.54) is 32.4 Å². The molecule has 3 rings (SSSR count). The van der Waals surface area contributed by atoms with E-state index in [2.05, 4.69) is 5.32 Å². The maximum absolute atomic E-state index is 12.9. The Morgan fingerprint density at radius 3 is 2.38 bits per heavy atom. The summed E-state index contributed by atoms with van der Waals surface area (Å²) in [7, 11) is 0.857. The van der Waals surface area contributed by atoms with Gasteiger partial charge in [0, 0.05) is 39.3 Å². The van der Waals surface area contributed by atoms with E-state index in [9.17, 15) is 18.0 Å². The maximum atomic E-state index is 12.9. The molecule has 0 radical (unpaired) electrons. The number of pyridine rings is 1. The maximum Gasteiger partial charge on any atom is 0.257 e. The molecule has 152 valence electrons. The first-order valence-electron chi connectivity index (χ1n) is 9.01. The van der Waals surface area contributed by atoms with Gasteiger partial charge in [0.15, 0.2) is 0 Å². The SMILES string of the molecule is Cc1ccc(CNC(=O)c2cn(C)c3ccc(S(=O)(=O)N(C)C)cc3c2=O)cc1. The Hall–Kier alpha value is -2.97. The Kier molecular flexibility index (Phi) is 5.59. The molecule has 0 unspecified atom stereocenters. The lowest BCUT2D eigenvalue weighted by Crippen LogP contribution is -2.29. The predicted octanol–water partition coefficient (Wildman–Crippen LogP) is 2.03. The van der Waals surface area contributed by atoms with E-state index in [-0.39, 0.29) is 22.4 Å². The summed E-state index contributed by atoms with van der Waals surface area (Å²) in [4.78, 5) is 25.6. The molecule has 1 aromatic heterocycles. The van der Waals surface area contributed by atoms with E-state index in [0.717, 1.165) is 15.4 Å². The number of hydrogen-bond acceptors (Lipinski definition) is 4. The Labute approximate surface area is 169 Å². The number of carbonyl (C=O) groups is 1. The first-order chi connectivity index (χ1) is 13.6. The molecule has 8 heteroatoms. The van der Waals surface area contributed by atoms with Gasteiger partial charge in [0.05, 0.1) is 10.4 Å². The van der Waals surface area contributed by atoms with Crippen LogP contribution in [0, 0.1) is 6.92 Å². The molecule has 1 amide bonds. The van der Waals surface area contributed by atoms with Gasteiger partial charge in [0.25, 0.3) is 5.91 Å². The average molecular weight is 413 g/mol. The number of aryl methyl sites for hydroxylation is 2. The summed E-state index contributed by atoms with van der Waals surface area (Å²) in [6.45, 7) is 2.27. The Bertz CT molecular complexity index is 1240. The molecule has 3 aromatic rings. The van der Waals surface area contributed by atoms with Gasteiger partial charge in [0.2, 0.25) is 15.5 Å². The van der Waals surface area contributed by atoms with Gasteiger partial charge >= 0.3 is 0 Å². The molecule has 0 bridgehead atoms. The molecule has 7 nitrogen and oxygen atoms in total. The van der Waals surface area contributed by atoms with Crippen molar-refractivity contribution in [1.29, 1.82) is 0 Å². The highest BCUT2D eigenvalue weighted by molar-refractivity contribution is 7.89. The number of amides is 1. The third-order valence-electron chi connectivity index (χ3n) is 4.76. The van der Waals surface area contributed by atoms with Gasteiger partial charge in [-0.1, -0.05) is 29.8 Å². The number of nitrogens with zero attached hydrogens (tertiary/aromatic N) is 2. The van der Waals surface area contributed by atoms with E-state index >= 15 is 0 Å². The predicted molar refractivity (Wildman–Crippen MR) is 112 cm³/mol. The number of nitrogens with one attached hydrogen (secondary N) is 1. The van der Waals surface area contributed by atoms with Crippen molar-refractivity contribution in [2.75, 3.05) is 14.1 Å². The van der Waals surface area contributed by atoms with Crippen LogP contribution in [0.3, 0.4) is 0 Å². The molecular weight excluding hydrogens is 390 g/mol. The van der Waals surface area contributed by atoms with Crippen LogP contribution in [0.15, 0.2) is 58.4 Å². The van der Waals surface area contributed by atoms with Crippen LogP contribution >= 0.6 is 0 Å². The van der Waals surface area contributed by atoms with Crippen LogP contribution in [0.2, 0.25) is 0 Å². The summed E-state index contributed by atoms with van der Waals surface area (Å²) in [6, 6.07) is 12.1. The van der Waals surface area contributed by atoms with Crippen molar-refractivity contribution in [3.8, 4) is 0 Å². The van der Waals surface area contributed by atoms with Crippen LogP contribution in [0.4, 0.5) is 0 Å². The molecule has 0 atom stereocenters.